The molecule has 2 N–H and O–H groups in total. The summed E-state index contributed by atoms with van der Waals surface area (Å²) < 4.78 is 12.3. The van der Waals surface area contributed by atoms with E-state index in [-0.39, 0.29) is 6.08 Å². The predicted octanol–water partition coefficient (Wildman–Crippen LogP) is 1.13. The molecule has 0 saturated carbocycles. The molecular formula is C6H4ClFO4. The standard InChI is InChI=1S/C6H4ClFO4/c7-4(6(11)12)1-3(8)2-5(9)10/h1-2H,(H,9,10)(H,11,12)/b3-2+,4-1+. The minimum atomic E-state index is -1.52. The molecule has 0 aromatic rings. The van der Waals surface area contributed by atoms with Gasteiger partial charge in [-0.25, -0.2) is 14.0 Å². The summed E-state index contributed by atoms with van der Waals surface area (Å²) in [5.41, 5.74) is 0. The van der Waals surface area contributed by atoms with Gasteiger partial charge in [0.1, 0.15) is 10.9 Å². The van der Waals surface area contributed by atoms with Crippen LogP contribution in [0, 0.1) is 0 Å². The maximum atomic E-state index is 12.3. The highest BCUT2D eigenvalue weighted by molar-refractivity contribution is 6.41. The molecule has 0 heterocycles. The van der Waals surface area contributed by atoms with E-state index in [9.17, 15) is 14.0 Å². The Morgan fingerprint density at radius 2 is 1.75 bits per heavy atom. The van der Waals surface area contributed by atoms with Crippen molar-refractivity contribution in [2.45, 2.75) is 0 Å². The molecule has 0 rings (SSSR count). The lowest BCUT2D eigenvalue weighted by atomic mass is 10.4. The zero-order chi connectivity index (χ0) is 9.72. The van der Waals surface area contributed by atoms with Crippen molar-refractivity contribution in [1.82, 2.24) is 0 Å². The summed E-state index contributed by atoms with van der Waals surface area (Å²) in [5.74, 6) is -4.26. The predicted molar refractivity (Wildman–Crippen MR) is 38.4 cm³/mol. The zero-order valence-corrected chi connectivity index (χ0v) is 6.38. The van der Waals surface area contributed by atoms with Crippen molar-refractivity contribution in [3.8, 4) is 0 Å². The highest BCUT2D eigenvalue weighted by Gasteiger charge is 2.04. The molecule has 66 valence electrons. The van der Waals surface area contributed by atoms with Crippen LogP contribution < -0.4 is 0 Å². The van der Waals surface area contributed by atoms with E-state index < -0.39 is 22.8 Å². The number of hydrogen-bond acceptors (Lipinski definition) is 2. The lowest BCUT2D eigenvalue weighted by molar-refractivity contribution is -0.132. The van der Waals surface area contributed by atoms with Gasteiger partial charge in [-0.2, -0.15) is 0 Å². The van der Waals surface area contributed by atoms with Gasteiger partial charge in [0.15, 0.2) is 0 Å². The van der Waals surface area contributed by atoms with Crippen molar-refractivity contribution >= 4 is 23.5 Å². The molecular weight excluding hydrogens is 191 g/mol. The smallest absolute Gasteiger partial charge is 0.347 e. The summed E-state index contributed by atoms with van der Waals surface area (Å²) in [6.45, 7) is 0. The van der Waals surface area contributed by atoms with Gasteiger partial charge in [-0.05, 0) is 0 Å². The Morgan fingerprint density at radius 1 is 1.25 bits per heavy atom. The van der Waals surface area contributed by atoms with E-state index in [1.165, 1.54) is 0 Å². The molecule has 0 radical (unpaired) electrons. The quantitative estimate of drug-likeness (QED) is 0.522. The second-order valence-electron chi connectivity index (χ2n) is 1.66. The van der Waals surface area contributed by atoms with Crippen molar-refractivity contribution in [2.75, 3.05) is 0 Å². The van der Waals surface area contributed by atoms with Crippen molar-refractivity contribution in [1.29, 1.82) is 0 Å². The van der Waals surface area contributed by atoms with Gasteiger partial charge in [0, 0.05) is 6.08 Å². The van der Waals surface area contributed by atoms with E-state index in [4.69, 9.17) is 21.8 Å². The molecule has 0 amide bonds. The Hall–Kier alpha value is -1.36. The van der Waals surface area contributed by atoms with Gasteiger partial charge >= 0.3 is 11.9 Å². The number of halogens is 2. The van der Waals surface area contributed by atoms with Crippen molar-refractivity contribution < 1.29 is 24.2 Å². The maximum Gasteiger partial charge on any atom is 0.347 e. The molecule has 4 nitrogen and oxygen atoms in total. The Balaban J connectivity index is 4.54. The van der Waals surface area contributed by atoms with Crippen LogP contribution in [0.2, 0.25) is 0 Å². The highest BCUT2D eigenvalue weighted by atomic mass is 35.5. The summed E-state index contributed by atoms with van der Waals surface area (Å²) in [5, 5.41) is 15.3. The van der Waals surface area contributed by atoms with Gasteiger partial charge in [-0.1, -0.05) is 11.6 Å². The largest absolute Gasteiger partial charge is 0.478 e. The Kier molecular flexibility index (Phi) is 3.99. The number of hydrogen-bond donors (Lipinski definition) is 2. The van der Waals surface area contributed by atoms with E-state index >= 15 is 0 Å². The fourth-order valence-corrected chi connectivity index (χ4v) is 0.447. The first-order valence-electron chi connectivity index (χ1n) is 2.64. The van der Waals surface area contributed by atoms with E-state index in [2.05, 4.69) is 0 Å². The molecule has 0 atom stereocenters. The first-order valence-corrected chi connectivity index (χ1v) is 3.02. The van der Waals surface area contributed by atoms with E-state index in [0.717, 1.165) is 0 Å². The van der Waals surface area contributed by atoms with E-state index in [1.807, 2.05) is 0 Å². The topological polar surface area (TPSA) is 74.6 Å². The monoisotopic (exact) mass is 194 g/mol. The Labute approximate surface area is 71.6 Å². The third kappa shape index (κ3) is 4.45. The molecule has 12 heavy (non-hydrogen) atoms. The van der Waals surface area contributed by atoms with Crippen LogP contribution in [-0.4, -0.2) is 22.2 Å². The molecule has 0 aliphatic carbocycles. The van der Waals surface area contributed by atoms with E-state index in [1.54, 1.807) is 0 Å². The van der Waals surface area contributed by atoms with Crippen molar-refractivity contribution in [3.63, 3.8) is 0 Å². The highest BCUT2D eigenvalue weighted by Crippen LogP contribution is 2.07. The van der Waals surface area contributed by atoms with E-state index in [0.29, 0.717) is 6.08 Å². The number of carbonyl (C=O) groups is 2. The van der Waals surface area contributed by atoms with Crippen LogP contribution in [-0.2, 0) is 9.59 Å². The first kappa shape index (κ1) is 10.6. The summed E-state index contributed by atoms with van der Waals surface area (Å²) in [4.78, 5) is 19.8. The summed E-state index contributed by atoms with van der Waals surface area (Å²) in [6, 6.07) is 0. The lowest BCUT2D eigenvalue weighted by Crippen LogP contribution is -1.94. The van der Waals surface area contributed by atoms with Crippen molar-refractivity contribution in [2.24, 2.45) is 0 Å². The molecule has 0 aromatic heterocycles. The number of rotatable bonds is 3. The zero-order valence-electron chi connectivity index (χ0n) is 5.62. The Bertz CT molecular complexity index is 269. The molecule has 0 unspecified atom stereocenters. The second-order valence-corrected chi connectivity index (χ2v) is 2.07. The molecule has 0 aliphatic rings. The average molecular weight is 195 g/mol. The normalized spacial score (nSPS) is 12.8. The third-order valence-electron chi connectivity index (χ3n) is 0.730. The number of carboxylic acid groups (broad SMARTS) is 2. The molecule has 0 aromatic carbocycles. The molecule has 0 spiro atoms. The van der Waals surface area contributed by atoms with Gasteiger partial charge in [0.2, 0.25) is 0 Å². The van der Waals surface area contributed by atoms with Crippen LogP contribution in [0.4, 0.5) is 4.39 Å². The van der Waals surface area contributed by atoms with Gasteiger partial charge < -0.3 is 10.2 Å². The average Bonchev–Trinajstić information content (AvgIpc) is 1.84. The van der Waals surface area contributed by atoms with Crippen LogP contribution in [0.25, 0.3) is 0 Å². The third-order valence-corrected chi connectivity index (χ3v) is 1.00. The molecule has 6 heteroatoms. The minimum absolute atomic E-state index is 0.200. The minimum Gasteiger partial charge on any atom is -0.478 e. The van der Waals surface area contributed by atoms with Gasteiger partial charge in [-0.3, -0.25) is 0 Å². The van der Waals surface area contributed by atoms with Crippen LogP contribution in [0.15, 0.2) is 23.0 Å². The fraction of sp³-hybridized carbons (Fsp3) is 0. The van der Waals surface area contributed by atoms with Crippen LogP contribution >= 0.6 is 11.6 Å². The molecule has 0 aliphatic heterocycles. The Morgan fingerprint density at radius 3 is 2.08 bits per heavy atom. The van der Waals surface area contributed by atoms with Crippen LogP contribution in [0.1, 0.15) is 0 Å². The fourth-order valence-electron chi connectivity index (χ4n) is 0.342. The molecule has 0 saturated heterocycles. The summed E-state index contributed by atoms with van der Waals surface area (Å²) >= 11 is 4.98. The van der Waals surface area contributed by atoms with Crippen molar-refractivity contribution in [3.05, 3.63) is 23.0 Å². The lowest BCUT2D eigenvalue weighted by Gasteiger charge is -1.87. The maximum absolute atomic E-state index is 12.3. The number of carboxylic acids is 2. The SMILES string of the molecule is O=C(O)/C=C(F)\C=C(\Cl)C(=O)O. The van der Waals surface area contributed by atoms with Crippen LogP contribution in [0.5, 0.6) is 0 Å². The number of aliphatic carboxylic acids is 2. The molecule has 0 fully saturated rings. The van der Waals surface area contributed by atoms with Gasteiger partial charge in [-0.15, -0.1) is 0 Å². The van der Waals surface area contributed by atoms with Gasteiger partial charge in [0.05, 0.1) is 6.08 Å². The van der Waals surface area contributed by atoms with Gasteiger partial charge in [0.25, 0.3) is 0 Å². The second kappa shape index (κ2) is 4.50. The molecule has 0 bridgehead atoms. The van der Waals surface area contributed by atoms with Crippen LogP contribution in [0.3, 0.4) is 0 Å². The number of allylic oxidation sites excluding steroid dienone is 2. The first-order chi connectivity index (χ1) is 5.43. The summed E-state index contributed by atoms with van der Waals surface area (Å²) in [6.07, 6.45) is 0.601. The summed E-state index contributed by atoms with van der Waals surface area (Å²) in [7, 11) is 0.